The van der Waals surface area contributed by atoms with Gasteiger partial charge >= 0.3 is 6.03 Å². The number of aryl methyl sites for hydroxylation is 2. The zero-order valence-corrected chi connectivity index (χ0v) is 15.2. The van der Waals surface area contributed by atoms with E-state index in [-0.39, 0.29) is 6.03 Å². The Kier molecular flexibility index (Phi) is 5.69. The van der Waals surface area contributed by atoms with Crippen LogP contribution in [0.1, 0.15) is 25.3 Å². The van der Waals surface area contributed by atoms with Gasteiger partial charge in [0, 0.05) is 18.8 Å². The van der Waals surface area contributed by atoms with E-state index in [0.29, 0.717) is 5.82 Å². The van der Waals surface area contributed by atoms with Gasteiger partial charge in [-0.15, -0.1) is 0 Å². The van der Waals surface area contributed by atoms with Gasteiger partial charge < -0.3 is 5.32 Å². The summed E-state index contributed by atoms with van der Waals surface area (Å²) in [5.74, 6) is 0.517. The van der Waals surface area contributed by atoms with Crippen LogP contribution in [0, 0.1) is 0 Å². The maximum atomic E-state index is 12.2. The molecule has 0 saturated heterocycles. The Balaban J connectivity index is 1.62. The largest absolute Gasteiger partial charge is 0.324 e. The van der Waals surface area contributed by atoms with Crippen LogP contribution in [-0.2, 0) is 13.5 Å². The molecule has 0 aliphatic rings. The van der Waals surface area contributed by atoms with Crippen LogP contribution >= 0.6 is 0 Å². The van der Waals surface area contributed by atoms with Gasteiger partial charge in [0.25, 0.3) is 0 Å². The summed E-state index contributed by atoms with van der Waals surface area (Å²) >= 11 is 0. The van der Waals surface area contributed by atoms with Crippen molar-refractivity contribution in [2.45, 2.75) is 26.2 Å². The molecule has 0 bridgehead atoms. The van der Waals surface area contributed by atoms with Crippen molar-refractivity contribution in [1.29, 1.82) is 0 Å². The van der Waals surface area contributed by atoms with Gasteiger partial charge in [-0.25, -0.2) is 4.79 Å². The molecule has 0 atom stereocenters. The zero-order valence-electron chi connectivity index (χ0n) is 15.2. The Morgan fingerprint density at radius 2 is 1.77 bits per heavy atom. The van der Waals surface area contributed by atoms with Gasteiger partial charge in [0.1, 0.15) is 0 Å². The molecule has 26 heavy (non-hydrogen) atoms. The topological polar surface area (TPSA) is 59.0 Å². The molecule has 0 unspecified atom stereocenters. The van der Waals surface area contributed by atoms with Gasteiger partial charge in [-0.1, -0.05) is 55.8 Å². The van der Waals surface area contributed by atoms with Gasteiger partial charge in [-0.2, -0.15) is 5.10 Å². The number of nitrogens with zero attached hydrogens (tertiary/aromatic N) is 2. The minimum Gasteiger partial charge on any atom is -0.308 e. The first-order valence-electron chi connectivity index (χ1n) is 8.92. The molecule has 3 aromatic rings. The maximum Gasteiger partial charge on any atom is 0.324 e. The lowest BCUT2D eigenvalue weighted by Gasteiger charge is -2.06. The van der Waals surface area contributed by atoms with Crippen LogP contribution < -0.4 is 10.6 Å². The van der Waals surface area contributed by atoms with E-state index in [1.807, 2.05) is 55.6 Å². The molecule has 5 heteroatoms. The first-order chi connectivity index (χ1) is 12.7. The highest BCUT2D eigenvalue weighted by atomic mass is 16.2. The molecule has 0 radical (unpaired) electrons. The SMILES string of the molecule is CCCCc1ccc(NC(=O)Nc2cc(-c3ccccc3)n(C)n2)cc1. The fourth-order valence-corrected chi connectivity index (χ4v) is 2.82. The van der Waals surface area contributed by atoms with E-state index >= 15 is 0 Å². The van der Waals surface area contributed by atoms with Crippen LogP contribution in [0.3, 0.4) is 0 Å². The number of hydrogen-bond acceptors (Lipinski definition) is 2. The molecule has 134 valence electrons. The van der Waals surface area contributed by atoms with Gasteiger partial charge in [-0.3, -0.25) is 10.00 Å². The number of rotatable bonds is 6. The Morgan fingerprint density at radius 1 is 1.04 bits per heavy atom. The molecule has 0 saturated carbocycles. The second-order valence-corrected chi connectivity index (χ2v) is 6.28. The van der Waals surface area contributed by atoms with E-state index in [2.05, 4.69) is 34.8 Å². The Bertz CT molecular complexity index is 853. The lowest BCUT2D eigenvalue weighted by molar-refractivity contribution is 0.262. The van der Waals surface area contributed by atoms with Crippen molar-refractivity contribution in [2.75, 3.05) is 10.6 Å². The van der Waals surface area contributed by atoms with Crippen molar-refractivity contribution < 1.29 is 4.79 Å². The first kappa shape index (κ1) is 17.7. The monoisotopic (exact) mass is 348 g/mol. The number of amides is 2. The van der Waals surface area contributed by atoms with Crippen molar-refractivity contribution in [2.24, 2.45) is 7.05 Å². The van der Waals surface area contributed by atoms with Crippen LogP contribution in [0.4, 0.5) is 16.3 Å². The third-order valence-electron chi connectivity index (χ3n) is 4.22. The van der Waals surface area contributed by atoms with E-state index in [1.165, 1.54) is 18.4 Å². The van der Waals surface area contributed by atoms with E-state index in [1.54, 1.807) is 4.68 Å². The molecule has 5 nitrogen and oxygen atoms in total. The van der Waals surface area contributed by atoms with Gasteiger partial charge in [0.2, 0.25) is 0 Å². The quantitative estimate of drug-likeness (QED) is 0.653. The van der Waals surface area contributed by atoms with Crippen LogP contribution in [-0.4, -0.2) is 15.8 Å². The molecule has 1 aromatic heterocycles. The molecule has 0 spiro atoms. The molecule has 2 amide bonds. The number of nitrogens with one attached hydrogen (secondary N) is 2. The summed E-state index contributed by atoms with van der Waals surface area (Å²) in [5, 5.41) is 9.99. The van der Waals surface area contributed by atoms with E-state index in [4.69, 9.17) is 0 Å². The van der Waals surface area contributed by atoms with Crippen molar-refractivity contribution in [3.05, 3.63) is 66.2 Å². The Morgan fingerprint density at radius 3 is 2.46 bits per heavy atom. The lowest BCUT2D eigenvalue weighted by atomic mass is 10.1. The van der Waals surface area contributed by atoms with Crippen LogP contribution in [0.15, 0.2) is 60.7 Å². The molecular formula is C21H24N4O. The molecular weight excluding hydrogens is 324 g/mol. The van der Waals surface area contributed by atoms with E-state index in [0.717, 1.165) is 23.4 Å². The summed E-state index contributed by atoms with van der Waals surface area (Å²) in [6.07, 6.45) is 3.42. The molecule has 0 aliphatic heterocycles. The summed E-state index contributed by atoms with van der Waals surface area (Å²) in [4.78, 5) is 12.2. The van der Waals surface area contributed by atoms with Crippen molar-refractivity contribution in [3.8, 4) is 11.3 Å². The fraction of sp³-hybridized carbons (Fsp3) is 0.238. The number of aromatic nitrogens is 2. The number of unbranched alkanes of at least 4 members (excludes halogenated alkanes) is 1. The van der Waals surface area contributed by atoms with Gasteiger partial charge in [0.05, 0.1) is 5.69 Å². The number of carbonyl (C=O) groups is 1. The number of urea groups is 1. The van der Waals surface area contributed by atoms with Crippen LogP contribution in [0.25, 0.3) is 11.3 Å². The van der Waals surface area contributed by atoms with Crippen LogP contribution in [0.2, 0.25) is 0 Å². The van der Waals surface area contributed by atoms with E-state index in [9.17, 15) is 4.79 Å². The Labute approximate surface area is 154 Å². The third-order valence-corrected chi connectivity index (χ3v) is 4.22. The highest BCUT2D eigenvalue weighted by molar-refractivity contribution is 5.99. The molecule has 1 heterocycles. The predicted molar refractivity (Wildman–Crippen MR) is 106 cm³/mol. The average Bonchev–Trinajstić information content (AvgIpc) is 3.02. The second kappa shape index (κ2) is 8.34. The first-order valence-corrected chi connectivity index (χ1v) is 8.92. The number of anilines is 2. The number of benzene rings is 2. The standard InChI is InChI=1S/C21H24N4O/c1-3-4-8-16-11-13-18(14-12-16)22-21(26)23-20-15-19(25(2)24-20)17-9-6-5-7-10-17/h5-7,9-15H,3-4,8H2,1-2H3,(H2,22,23,24,26). The van der Waals surface area contributed by atoms with Gasteiger partial charge in [0.15, 0.2) is 5.82 Å². The molecule has 0 fully saturated rings. The van der Waals surface area contributed by atoms with Crippen LogP contribution in [0.5, 0.6) is 0 Å². The summed E-state index contributed by atoms with van der Waals surface area (Å²) in [5.41, 5.74) is 4.05. The summed E-state index contributed by atoms with van der Waals surface area (Å²) in [7, 11) is 1.86. The smallest absolute Gasteiger partial charge is 0.308 e. The highest BCUT2D eigenvalue weighted by Gasteiger charge is 2.10. The van der Waals surface area contributed by atoms with Gasteiger partial charge in [-0.05, 0) is 36.1 Å². The molecule has 3 rings (SSSR count). The minimum atomic E-state index is -0.302. The fourth-order valence-electron chi connectivity index (χ4n) is 2.82. The summed E-state index contributed by atoms with van der Waals surface area (Å²) in [6, 6.07) is 19.5. The lowest BCUT2D eigenvalue weighted by Crippen LogP contribution is -2.19. The van der Waals surface area contributed by atoms with Crippen molar-refractivity contribution in [1.82, 2.24) is 9.78 Å². The Hall–Kier alpha value is -3.08. The average molecular weight is 348 g/mol. The summed E-state index contributed by atoms with van der Waals surface area (Å²) in [6.45, 7) is 2.18. The molecule has 2 N–H and O–H groups in total. The molecule has 2 aromatic carbocycles. The second-order valence-electron chi connectivity index (χ2n) is 6.28. The normalized spacial score (nSPS) is 10.5. The minimum absolute atomic E-state index is 0.302. The number of hydrogen-bond donors (Lipinski definition) is 2. The third kappa shape index (κ3) is 4.51. The van der Waals surface area contributed by atoms with E-state index < -0.39 is 0 Å². The predicted octanol–water partition coefficient (Wildman–Crippen LogP) is 5.07. The summed E-state index contributed by atoms with van der Waals surface area (Å²) < 4.78 is 1.76. The van der Waals surface area contributed by atoms with Crippen molar-refractivity contribution >= 4 is 17.5 Å². The number of carbonyl (C=O) groups excluding carboxylic acids is 1. The van der Waals surface area contributed by atoms with Crippen molar-refractivity contribution in [3.63, 3.8) is 0 Å². The highest BCUT2D eigenvalue weighted by Crippen LogP contribution is 2.21. The maximum absolute atomic E-state index is 12.2. The zero-order chi connectivity index (χ0) is 18.4. The molecule has 0 aliphatic carbocycles.